The standard InChI is InChI=1S/C22H24N2O4/c1-14(23)22(27)28-13-6-2-5-12-24-18-11-7-10-17-19(18)21(26)16-9-4-3-8-15(16)20(17)25/h3-4,7-11,14,24H,2,5-6,12-13,23H2,1H3/t14-/m0/s1. The number of carbonyl (C=O) groups excluding carboxylic acids is 3. The van der Waals surface area contributed by atoms with Crippen molar-refractivity contribution in [2.75, 3.05) is 18.5 Å². The molecule has 0 unspecified atom stereocenters. The first kappa shape index (κ1) is 19.8. The lowest BCUT2D eigenvalue weighted by molar-refractivity contribution is -0.144. The number of esters is 1. The van der Waals surface area contributed by atoms with Gasteiger partial charge in [-0.1, -0.05) is 36.4 Å². The molecule has 6 heteroatoms. The third kappa shape index (κ3) is 4.12. The monoisotopic (exact) mass is 380 g/mol. The molecule has 1 aliphatic carbocycles. The minimum Gasteiger partial charge on any atom is -0.465 e. The van der Waals surface area contributed by atoms with E-state index in [0.29, 0.717) is 41.1 Å². The fourth-order valence-electron chi connectivity index (χ4n) is 3.22. The largest absolute Gasteiger partial charge is 0.465 e. The molecule has 2 aromatic rings. The highest BCUT2D eigenvalue weighted by Crippen LogP contribution is 2.31. The Balaban J connectivity index is 1.58. The van der Waals surface area contributed by atoms with Gasteiger partial charge in [0.25, 0.3) is 0 Å². The molecule has 0 saturated carbocycles. The maximum Gasteiger partial charge on any atom is 0.322 e. The number of rotatable bonds is 8. The van der Waals surface area contributed by atoms with Crippen LogP contribution in [0, 0.1) is 0 Å². The number of benzene rings is 2. The van der Waals surface area contributed by atoms with Crippen LogP contribution in [-0.4, -0.2) is 36.7 Å². The zero-order chi connectivity index (χ0) is 20.1. The molecule has 0 radical (unpaired) electrons. The highest BCUT2D eigenvalue weighted by Gasteiger charge is 2.31. The Labute approximate surface area is 164 Å². The quantitative estimate of drug-likeness (QED) is 0.460. The van der Waals surface area contributed by atoms with Gasteiger partial charge < -0.3 is 15.8 Å². The van der Waals surface area contributed by atoms with Crippen molar-refractivity contribution in [3.05, 3.63) is 64.7 Å². The number of unbranched alkanes of at least 4 members (excludes halogenated alkanes) is 2. The molecule has 0 aromatic heterocycles. The van der Waals surface area contributed by atoms with Crippen LogP contribution in [0.15, 0.2) is 42.5 Å². The van der Waals surface area contributed by atoms with Crippen LogP contribution in [0.4, 0.5) is 5.69 Å². The first-order valence-corrected chi connectivity index (χ1v) is 9.48. The maximum atomic E-state index is 12.9. The lowest BCUT2D eigenvalue weighted by atomic mass is 9.83. The average molecular weight is 380 g/mol. The average Bonchev–Trinajstić information content (AvgIpc) is 2.70. The van der Waals surface area contributed by atoms with Gasteiger partial charge in [0.05, 0.1) is 12.2 Å². The molecule has 146 valence electrons. The van der Waals surface area contributed by atoms with Crippen molar-refractivity contribution >= 4 is 23.2 Å². The lowest BCUT2D eigenvalue weighted by Gasteiger charge is -2.20. The Bertz CT molecular complexity index is 905. The summed E-state index contributed by atoms with van der Waals surface area (Å²) in [5.74, 6) is -0.640. The Morgan fingerprint density at radius 2 is 1.64 bits per heavy atom. The molecular weight excluding hydrogens is 356 g/mol. The van der Waals surface area contributed by atoms with E-state index in [0.717, 1.165) is 19.3 Å². The molecule has 3 N–H and O–H groups in total. The van der Waals surface area contributed by atoms with Gasteiger partial charge in [0.1, 0.15) is 6.04 Å². The van der Waals surface area contributed by atoms with E-state index < -0.39 is 12.0 Å². The molecule has 6 nitrogen and oxygen atoms in total. The summed E-state index contributed by atoms with van der Waals surface area (Å²) in [5, 5.41) is 3.27. The number of hydrogen-bond acceptors (Lipinski definition) is 6. The summed E-state index contributed by atoms with van der Waals surface area (Å²) in [6.45, 7) is 2.60. The Morgan fingerprint density at radius 3 is 2.36 bits per heavy atom. The smallest absolute Gasteiger partial charge is 0.322 e. The molecule has 0 amide bonds. The summed E-state index contributed by atoms with van der Waals surface area (Å²) in [4.78, 5) is 36.9. The molecule has 0 bridgehead atoms. The topological polar surface area (TPSA) is 98.5 Å². The van der Waals surface area contributed by atoms with Crippen molar-refractivity contribution < 1.29 is 19.1 Å². The lowest BCUT2D eigenvalue weighted by Crippen LogP contribution is -2.28. The van der Waals surface area contributed by atoms with Crippen LogP contribution >= 0.6 is 0 Å². The van der Waals surface area contributed by atoms with Gasteiger partial charge in [-0.25, -0.2) is 0 Å². The van der Waals surface area contributed by atoms with Gasteiger partial charge in [-0.2, -0.15) is 0 Å². The minimum atomic E-state index is -0.601. The van der Waals surface area contributed by atoms with Gasteiger partial charge in [0.15, 0.2) is 11.6 Å². The second kappa shape index (κ2) is 8.80. The van der Waals surface area contributed by atoms with Crippen molar-refractivity contribution in [3.8, 4) is 0 Å². The number of ketones is 2. The summed E-state index contributed by atoms with van der Waals surface area (Å²) in [6.07, 6.45) is 2.46. The van der Waals surface area contributed by atoms with Gasteiger partial charge >= 0.3 is 5.97 Å². The third-order valence-electron chi connectivity index (χ3n) is 4.71. The molecule has 0 aliphatic heterocycles. The zero-order valence-electron chi connectivity index (χ0n) is 15.9. The first-order chi connectivity index (χ1) is 13.5. The SMILES string of the molecule is C[C@H](N)C(=O)OCCCCCNc1cccc2c1C(=O)c1ccccc1C2=O. The summed E-state index contributed by atoms with van der Waals surface area (Å²) in [7, 11) is 0. The van der Waals surface area contributed by atoms with Crippen molar-refractivity contribution in [2.45, 2.75) is 32.2 Å². The number of anilines is 1. The van der Waals surface area contributed by atoms with E-state index in [4.69, 9.17) is 10.5 Å². The predicted molar refractivity (Wildman–Crippen MR) is 107 cm³/mol. The van der Waals surface area contributed by atoms with E-state index in [1.165, 1.54) is 0 Å². The highest BCUT2D eigenvalue weighted by atomic mass is 16.5. The van der Waals surface area contributed by atoms with E-state index in [-0.39, 0.29) is 11.6 Å². The molecule has 28 heavy (non-hydrogen) atoms. The van der Waals surface area contributed by atoms with Crippen LogP contribution in [0.5, 0.6) is 0 Å². The van der Waals surface area contributed by atoms with Gasteiger partial charge in [-0.05, 0) is 32.3 Å². The van der Waals surface area contributed by atoms with Crippen LogP contribution in [0.25, 0.3) is 0 Å². The molecule has 1 aliphatic rings. The number of ether oxygens (including phenoxy) is 1. The van der Waals surface area contributed by atoms with Crippen molar-refractivity contribution in [1.29, 1.82) is 0 Å². The second-order valence-corrected chi connectivity index (χ2v) is 6.88. The van der Waals surface area contributed by atoms with E-state index in [1.54, 1.807) is 43.3 Å². The maximum absolute atomic E-state index is 12.9. The van der Waals surface area contributed by atoms with Gasteiger partial charge in [-0.3, -0.25) is 14.4 Å². The zero-order valence-corrected chi connectivity index (χ0v) is 15.9. The van der Waals surface area contributed by atoms with Crippen molar-refractivity contribution in [3.63, 3.8) is 0 Å². The normalized spacial score (nSPS) is 13.5. The fraction of sp³-hybridized carbons (Fsp3) is 0.318. The number of carbonyl (C=O) groups is 3. The first-order valence-electron chi connectivity index (χ1n) is 9.48. The second-order valence-electron chi connectivity index (χ2n) is 6.88. The van der Waals surface area contributed by atoms with Crippen LogP contribution in [0.3, 0.4) is 0 Å². The number of nitrogens with one attached hydrogen (secondary N) is 1. The van der Waals surface area contributed by atoms with Crippen LogP contribution in [-0.2, 0) is 9.53 Å². The van der Waals surface area contributed by atoms with E-state index >= 15 is 0 Å². The van der Waals surface area contributed by atoms with Gasteiger partial charge in [0.2, 0.25) is 0 Å². The van der Waals surface area contributed by atoms with Crippen LogP contribution < -0.4 is 11.1 Å². The number of nitrogens with two attached hydrogens (primary N) is 1. The molecule has 1 atom stereocenters. The predicted octanol–water partition coefficient (Wildman–Crippen LogP) is 2.93. The summed E-state index contributed by atoms with van der Waals surface area (Å²) in [6, 6.07) is 11.6. The highest BCUT2D eigenvalue weighted by molar-refractivity contribution is 6.30. The Hall–Kier alpha value is -2.99. The molecule has 3 rings (SSSR count). The Morgan fingerprint density at radius 1 is 0.964 bits per heavy atom. The van der Waals surface area contributed by atoms with Gasteiger partial charge in [-0.15, -0.1) is 0 Å². The van der Waals surface area contributed by atoms with Crippen molar-refractivity contribution in [1.82, 2.24) is 0 Å². The van der Waals surface area contributed by atoms with Crippen molar-refractivity contribution in [2.24, 2.45) is 5.73 Å². The van der Waals surface area contributed by atoms with E-state index in [1.807, 2.05) is 6.07 Å². The van der Waals surface area contributed by atoms with E-state index in [9.17, 15) is 14.4 Å². The number of hydrogen-bond donors (Lipinski definition) is 2. The summed E-state index contributed by atoms with van der Waals surface area (Å²) < 4.78 is 5.04. The Kier molecular flexibility index (Phi) is 6.21. The van der Waals surface area contributed by atoms with Crippen LogP contribution in [0.1, 0.15) is 58.0 Å². The molecule has 0 spiro atoms. The van der Waals surface area contributed by atoms with E-state index in [2.05, 4.69) is 5.32 Å². The molecule has 0 saturated heterocycles. The number of fused-ring (bicyclic) bond motifs is 2. The summed E-state index contributed by atoms with van der Waals surface area (Å²) in [5.41, 5.74) is 7.90. The fourth-order valence-corrected chi connectivity index (χ4v) is 3.22. The van der Waals surface area contributed by atoms with Crippen LogP contribution in [0.2, 0.25) is 0 Å². The molecule has 0 heterocycles. The third-order valence-corrected chi connectivity index (χ3v) is 4.71. The molecule has 2 aromatic carbocycles. The minimum absolute atomic E-state index is 0.121. The summed E-state index contributed by atoms with van der Waals surface area (Å²) >= 11 is 0. The van der Waals surface area contributed by atoms with Gasteiger partial charge in [0, 0.05) is 28.9 Å². The molecule has 0 fully saturated rings. The molecular formula is C22H24N2O4.